The SMILES string of the molecule is CCCNC(=O)C(=O)Nc1ccc(N2CCN(C)CC2)cc1C(F)(F)F. The fraction of sp³-hybridized carbons (Fsp3) is 0.529. The van der Waals surface area contributed by atoms with Gasteiger partial charge in [0.25, 0.3) is 0 Å². The number of piperazine rings is 1. The second-order valence-corrected chi connectivity index (χ2v) is 6.23. The lowest BCUT2D eigenvalue weighted by Gasteiger charge is -2.34. The van der Waals surface area contributed by atoms with Crippen molar-refractivity contribution in [1.82, 2.24) is 10.2 Å². The molecule has 1 saturated heterocycles. The number of anilines is 2. The largest absolute Gasteiger partial charge is 0.418 e. The van der Waals surface area contributed by atoms with E-state index in [1.807, 2.05) is 11.9 Å². The zero-order valence-corrected chi connectivity index (χ0v) is 14.8. The monoisotopic (exact) mass is 372 g/mol. The van der Waals surface area contributed by atoms with Crippen LogP contribution < -0.4 is 15.5 Å². The zero-order valence-electron chi connectivity index (χ0n) is 14.8. The summed E-state index contributed by atoms with van der Waals surface area (Å²) in [5, 5.41) is 4.40. The average molecular weight is 372 g/mol. The standard InChI is InChI=1S/C17H23F3N4O2/c1-3-6-21-15(25)16(26)22-14-5-4-12(11-13(14)17(18,19)20)24-9-7-23(2)8-10-24/h4-5,11H,3,6-10H2,1-2H3,(H,21,25)(H,22,26). The Morgan fingerprint density at radius 3 is 2.35 bits per heavy atom. The van der Waals surface area contributed by atoms with Gasteiger partial charge in [-0.3, -0.25) is 9.59 Å². The number of halogens is 3. The molecule has 0 radical (unpaired) electrons. The molecule has 0 unspecified atom stereocenters. The molecule has 9 heteroatoms. The van der Waals surface area contributed by atoms with E-state index in [1.54, 1.807) is 6.92 Å². The number of amides is 2. The Balaban J connectivity index is 2.21. The lowest BCUT2D eigenvalue weighted by molar-refractivity contribution is -0.138. The minimum atomic E-state index is -4.65. The molecule has 26 heavy (non-hydrogen) atoms. The van der Waals surface area contributed by atoms with Crippen LogP contribution >= 0.6 is 0 Å². The maximum atomic E-state index is 13.4. The predicted molar refractivity (Wildman–Crippen MR) is 93.1 cm³/mol. The maximum Gasteiger partial charge on any atom is 0.418 e. The highest BCUT2D eigenvalue weighted by molar-refractivity contribution is 6.39. The van der Waals surface area contributed by atoms with Gasteiger partial charge in [0.15, 0.2) is 0 Å². The van der Waals surface area contributed by atoms with Gasteiger partial charge in [0.2, 0.25) is 0 Å². The summed E-state index contributed by atoms with van der Waals surface area (Å²) in [5.41, 5.74) is -0.948. The molecular weight excluding hydrogens is 349 g/mol. The molecule has 1 fully saturated rings. The Labute approximate surface area is 150 Å². The van der Waals surface area contributed by atoms with Crippen LogP contribution in [0.4, 0.5) is 24.5 Å². The minimum absolute atomic E-state index is 0.278. The van der Waals surface area contributed by atoms with E-state index in [4.69, 9.17) is 0 Å². The van der Waals surface area contributed by atoms with Gasteiger partial charge in [-0.05, 0) is 31.7 Å². The van der Waals surface area contributed by atoms with E-state index in [-0.39, 0.29) is 6.54 Å². The molecule has 1 aromatic carbocycles. The van der Waals surface area contributed by atoms with Crippen molar-refractivity contribution in [3.8, 4) is 0 Å². The van der Waals surface area contributed by atoms with Crippen LogP contribution in [0, 0.1) is 0 Å². The fourth-order valence-corrected chi connectivity index (χ4v) is 2.64. The summed E-state index contributed by atoms with van der Waals surface area (Å²) in [5.74, 6) is -2.07. The van der Waals surface area contributed by atoms with Gasteiger partial charge in [-0.25, -0.2) is 0 Å². The summed E-state index contributed by atoms with van der Waals surface area (Å²) in [6.07, 6.45) is -4.03. The number of benzene rings is 1. The van der Waals surface area contributed by atoms with Gasteiger partial charge in [-0.1, -0.05) is 6.92 Å². The first-order valence-electron chi connectivity index (χ1n) is 8.46. The summed E-state index contributed by atoms with van der Waals surface area (Å²) >= 11 is 0. The van der Waals surface area contributed by atoms with E-state index in [9.17, 15) is 22.8 Å². The van der Waals surface area contributed by atoms with Gasteiger partial charge < -0.3 is 20.4 Å². The Hall–Kier alpha value is -2.29. The topological polar surface area (TPSA) is 64.7 Å². The predicted octanol–water partition coefficient (Wildman–Crippen LogP) is 1.92. The van der Waals surface area contributed by atoms with Crippen molar-refractivity contribution in [2.24, 2.45) is 0 Å². The summed E-state index contributed by atoms with van der Waals surface area (Å²) in [6, 6.07) is 3.74. The number of nitrogens with zero attached hydrogens (tertiary/aromatic N) is 2. The second kappa shape index (κ2) is 8.39. The van der Waals surface area contributed by atoms with Crippen molar-refractivity contribution >= 4 is 23.2 Å². The third-order valence-electron chi connectivity index (χ3n) is 4.17. The van der Waals surface area contributed by atoms with E-state index in [0.29, 0.717) is 25.2 Å². The normalized spacial score (nSPS) is 15.7. The number of carbonyl (C=O) groups is 2. The molecule has 1 aliphatic rings. The van der Waals surface area contributed by atoms with Crippen molar-refractivity contribution in [3.05, 3.63) is 23.8 Å². The molecule has 0 saturated carbocycles. The van der Waals surface area contributed by atoms with Gasteiger partial charge in [0.05, 0.1) is 11.3 Å². The molecule has 0 spiro atoms. The van der Waals surface area contributed by atoms with Crippen molar-refractivity contribution in [3.63, 3.8) is 0 Å². The number of nitrogens with one attached hydrogen (secondary N) is 2. The number of hydrogen-bond acceptors (Lipinski definition) is 4. The van der Waals surface area contributed by atoms with Crippen LogP contribution in [-0.4, -0.2) is 56.5 Å². The van der Waals surface area contributed by atoms with Crippen LogP contribution in [0.5, 0.6) is 0 Å². The van der Waals surface area contributed by atoms with Crippen LogP contribution in [0.3, 0.4) is 0 Å². The molecule has 2 rings (SSSR count). The number of hydrogen-bond donors (Lipinski definition) is 2. The minimum Gasteiger partial charge on any atom is -0.369 e. The van der Waals surface area contributed by atoms with E-state index >= 15 is 0 Å². The third kappa shape index (κ3) is 5.10. The molecule has 2 N–H and O–H groups in total. The van der Waals surface area contributed by atoms with E-state index in [1.165, 1.54) is 12.1 Å². The average Bonchev–Trinajstić information content (AvgIpc) is 2.59. The number of carbonyl (C=O) groups excluding carboxylic acids is 2. The van der Waals surface area contributed by atoms with E-state index < -0.39 is 29.2 Å². The van der Waals surface area contributed by atoms with Crippen molar-refractivity contribution < 1.29 is 22.8 Å². The quantitative estimate of drug-likeness (QED) is 0.793. The molecule has 0 bridgehead atoms. The van der Waals surface area contributed by atoms with Crippen LogP contribution in [0.2, 0.25) is 0 Å². The maximum absolute atomic E-state index is 13.4. The van der Waals surface area contributed by atoms with Gasteiger partial charge in [-0.15, -0.1) is 0 Å². The number of likely N-dealkylation sites (N-methyl/N-ethyl adjacent to an activating group) is 1. The lowest BCUT2D eigenvalue weighted by atomic mass is 10.1. The molecule has 6 nitrogen and oxygen atoms in total. The highest BCUT2D eigenvalue weighted by Crippen LogP contribution is 2.37. The summed E-state index contributed by atoms with van der Waals surface area (Å²) < 4.78 is 40.3. The van der Waals surface area contributed by atoms with Crippen molar-refractivity contribution in [2.45, 2.75) is 19.5 Å². The van der Waals surface area contributed by atoms with Gasteiger partial charge in [0.1, 0.15) is 0 Å². The first kappa shape index (κ1) is 20.0. The van der Waals surface area contributed by atoms with Gasteiger partial charge >= 0.3 is 18.0 Å². The lowest BCUT2D eigenvalue weighted by Crippen LogP contribution is -2.44. The zero-order chi connectivity index (χ0) is 19.3. The fourth-order valence-electron chi connectivity index (χ4n) is 2.64. The highest BCUT2D eigenvalue weighted by atomic mass is 19.4. The van der Waals surface area contributed by atoms with Crippen LogP contribution in [-0.2, 0) is 15.8 Å². The highest BCUT2D eigenvalue weighted by Gasteiger charge is 2.35. The molecular formula is C17H23F3N4O2. The van der Waals surface area contributed by atoms with E-state index in [2.05, 4.69) is 15.5 Å². The Morgan fingerprint density at radius 2 is 1.77 bits per heavy atom. The van der Waals surface area contributed by atoms with Crippen LogP contribution in [0.1, 0.15) is 18.9 Å². The Kier molecular flexibility index (Phi) is 6.47. The summed E-state index contributed by atoms with van der Waals surface area (Å²) in [7, 11) is 1.96. The first-order valence-corrected chi connectivity index (χ1v) is 8.46. The number of alkyl halides is 3. The van der Waals surface area contributed by atoms with Gasteiger partial charge in [0, 0.05) is 38.4 Å². The van der Waals surface area contributed by atoms with Crippen molar-refractivity contribution in [2.75, 3.05) is 50.0 Å². The molecule has 144 valence electrons. The smallest absolute Gasteiger partial charge is 0.369 e. The molecule has 0 atom stereocenters. The van der Waals surface area contributed by atoms with Crippen molar-refractivity contribution in [1.29, 1.82) is 0 Å². The number of rotatable bonds is 4. The first-order chi connectivity index (χ1) is 12.2. The summed E-state index contributed by atoms with van der Waals surface area (Å²) in [4.78, 5) is 27.4. The third-order valence-corrected chi connectivity index (χ3v) is 4.17. The molecule has 0 aliphatic carbocycles. The second-order valence-electron chi connectivity index (χ2n) is 6.23. The summed E-state index contributed by atoms with van der Waals surface area (Å²) in [6.45, 7) is 4.85. The molecule has 1 aromatic rings. The molecule has 2 amide bonds. The Bertz CT molecular complexity index is 656. The Morgan fingerprint density at radius 1 is 1.12 bits per heavy atom. The molecule has 0 aromatic heterocycles. The van der Waals surface area contributed by atoms with Crippen LogP contribution in [0.25, 0.3) is 0 Å². The van der Waals surface area contributed by atoms with Crippen LogP contribution in [0.15, 0.2) is 18.2 Å². The molecule has 1 heterocycles. The van der Waals surface area contributed by atoms with E-state index in [0.717, 1.165) is 19.2 Å². The molecule has 1 aliphatic heterocycles. The van der Waals surface area contributed by atoms with Gasteiger partial charge in [-0.2, -0.15) is 13.2 Å².